The van der Waals surface area contributed by atoms with Gasteiger partial charge in [0.2, 0.25) is 0 Å². The number of rotatable bonds is 9. The fraction of sp³-hybridized carbons (Fsp3) is 0.556. The molecule has 0 aromatic heterocycles. The van der Waals surface area contributed by atoms with Crippen LogP contribution in [0.5, 0.6) is 0 Å². The van der Waals surface area contributed by atoms with Gasteiger partial charge < -0.3 is 5.73 Å². The summed E-state index contributed by atoms with van der Waals surface area (Å²) in [6.45, 7) is 8.10. The van der Waals surface area contributed by atoms with E-state index < -0.39 is 8.07 Å². The van der Waals surface area contributed by atoms with Crippen molar-refractivity contribution in [2.24, 2.45) is 5.73 Å². The van der Waals surface area contributed by atoms with Crippen molar-refractivity contribution in [3.05, 3.63) is 42.5 Å². The average Bonchev–Trinajstić information content (AvgIpc) is 2.47. The zero-order chi connectivity index (χ0) is 14.8. The van der Waals surface area contributed by atoms with Crippen molar-refractivity contribution in [3.63, 3.8) is 0 Å². The summed E-state index contributed by atoms with van der Waals surface area (Å²) in [7, 11) is -1.42. The van der Waals surface area contributed by atoms with Gasteiger partial charge in [0, 0.05) is 0 Å². The Kier molecular flexibility index (Phi) is 7.86. The molecule has 0 aliphatic rings. The zero-order valence-corrected chi connectivity index (χ0v) is 14.4. The van der Waals surface area contributed by atoms with E-state index in [0.29, 0.717) is 0 Å². The maximum absolute atomic E-state index is 5.58. The van der Waals surface area contributed by atoms with Crippen LogP contribution in [0.25, 0.3) is 0 Å². The molecule has 1 atom stereocenters. The maximum atomic E-state index is 5.58. The standard InChI is InChI=1S/C18H31NSi/c1-4-5-12-17(15-10-7-11-16-19)20(2,3)18-13-8-6-9-14-18/h6,8-10,13-15,17H,4-5,7,11-12,16,19H2,1-3H3/b15-10+/t17-/m1/s1. The van der Waals surface area contributed by atoms with Crippen LogP contribution in [0.15, 0.2) is 42.5 Å². The van der Waals surface area contributed by atoms with Crippen LogP contribution in [-0.4, -0.2) is 14.6 Å². The molecule has 0 unspecified atom stereocenters. The van der Waals surface area contributed by atoms with Crippen molar-refractivity contribution < 1.29 is 0 Å². The number of hydrogen-bond acceptors (Lipinski definition) is 1. The fourth-order valence-electron chi connectivity index (χ4n) is 2.70. The minimum absolute atomic E-state index is 0.739. The molecule has 2 heteroatoms. The first kappa shape index (κ1) is 17.2. The first-order chi connectivity index (χ1) is 9.62. The van der Waals surface area contributed by atoms with Crippen LogP contribution >= 0.6 is 0 Å². The number of unbranched alkanes of at least 4 members (excludes halogenated alkanes) is 2. The molecule has 20 heavy (non-hydrogen) atoms. The molecule has 0 amide bonds. The number of benzene rings is 1. The molecular formula is C18H31NSi. The predicted octanol–water partition coefficient (Wildman–Crippen LogP) is 4.46. The molecule has 0 fully saturated rings. The predicted molar refractivity (Wildman–Crippen MR) is 94.3 cm³/mol. The van der Waals surface area contributed by atoms with Gasteiger partial charge in [0.15, 0.2) is 0 Å². The lowest BCUT2D eigenvalue weighted by Gasteiger charge is -2.31. The smallest absolute Gasteiger partial charge is 0.0873 e. The van der Waals surface area contributed by atoms with E-state index in [1.807, 2.05) is 0 Å². The largest absolute Gasteiger partial charge is 0.330 e. The van der Waals surface area contributed by atoms with Crippen LogP contribution in [-0.2, 0) is 0 Å². The highest BCUT2D eigenvalue weighted by Crippen LogP contribution is 2.29. The fourth-order valence-corrected chi connectivity index (χ4v) is 5.72. The Bertz CT molecular complexity index is 384. The monoisotopic (exact) mass is 289 g/mol. The molecule has 0 radical (unpaired) electrons. The van der Waals surface area contributed by atoms with Crippen molar-refractivity contribution in [1.29, 1.82) is 0 Å². The van der Waals surface area contributed by atoms with E-state index in [2.05, 4.69) is 62.5 Å². The molecule has 112 valence electrons. The van der Waals surface area contributed by atoms with Crippen LogP contribution < -0.4 is 10.9 Å². The summed E-state index contributed by atoms with van der Waals surface area (Å²) in [6.07, 6.45) is 11.0. The summed E-state index contributed by atoms with van der Waals surface area (Å²) < 4.78 is 0. The lowest BCUT2D eigenvalue weighted by atomic mass is 10.1. The van der Waals surface area contributed by atoms with Gasteiger partial charge in [0.25, 0.3) is 0 Å². The van der Waals surface area contributed by atoms with Crippen molar-refractivity contribution in [1.82, 2.24) is 0 Å². The van der Waals surface area contributed by atoms with Crippen molar-refractivity contribution >= 4 is 13.3 Å². The molecule has 0 aliphatic heterocycles. The van der Waals surface area contributed by atoms with Gasteiger partial charge in [-0.1, -0.05) is 80.5 Å². The Hall–Kier alpha value is -0.863. The summed E-state index contributed by atoms with van der Waals surface area (Å²) in [4.78, 5) is 0. The van der Waals surface area contributed by atoms with Gasteiger partial charge in [0.1, 0.15) is 0 Å². The zero-order valence-electron chi connectivity index (χ0n) is 13.4. The summed E-state index contributed by atoms with van der Waals surface area (Å²) in [5, 5.41) is 1.57. The Morgan fingerprint density at radius 3 is 2.45 bits per heavy atom. The Morgan fingerprint density at radius 1 is 1.15 bits per heavy atom. The highest BCUT2D eigenvalue weighted by atomic mass is 28.3. The van der Waals surface area contributed by atoms with E-state index in [4.69, 9.17) is 5.73 Å². The molecule has 0 saturated carbocycles. The van der Waals surface area contributed by atoms with Crippen LogP contribution in [0.1, 0.15) is 39.0 Å². The van der Waals surface area contributed by atoms with Gasteiger partial charge in [-0.15, -0.1) is 0 Å². The van der Waals surface area contributed by atoms with Crippen molar-refractivity contribution in [3.8, 4) is 0 Å². The third kappa shape index (κ3) is 5.26. The Balaban J connectivity index is 2.82. The summed E-state index contributed by atoms with van der Waals surface area (Å²) in [6, 6.07) is 11.1. The van der Waals surface area contributed by atoms with Gasteiger partial charge in [-0.2, -0.15) is 0 Å². The highest BCUT2D eigenvalue weighted by molar-refractivity contribution is 6.91. The van der Waals surface area contributed by atoms with Crippen LogP contribution in [0.2, 0.25) is 18.6 Å². The van der Waals surface area contributed by atoms with E-state index in [9.17, 15) is 0 Å². The van der Waals surface area contributed by atoms with Crippen LogP contribution in [0.4, 0.5) is 0 Å². The first-order valence-corrected chi connectivity index (χ1v) is 11.1. The molecule has 0 aliphatic carbocycles. The van der Waals surface area contributed by atoms with Gasteiger partial charge >= 0.3 is 0 Å². The molecule has 0 spiro atoms. The maximum Gasteiger partial charge on any atom is 0.0873 e. The van der Waals surface area contributed by atoms with Gasteiger partial charge in [-0.25, -0.2) is 0 Å². The highest BCUT2D eigenvalue weighted by Gasteiger charge is 2.31. The normalized spacial score (nSPS) is 13.8. The molecule has 0 saturated heterocycles. The number of nitrogens with two attached hydrogens (primary N) is 1. The Labute approximate surface area is 126 Å². The molecule has 2 N–H and O–H groups in total. The van der Waals surface area contributed by atoms with Crippen LogP contribution in [0.3, 0.4) is 0 Å². The minimum atomic E-state index is -1.42. The van der Waals surface area contributed by atoms with E-state index in [1.165, 1.54) is 19.3 Å². The molecule has 1 nitrogen and oxygen atoms in total. The number of allylic oxidation sites excluding steroid dienone is 2. The van der Waals surface area contributed by atoms with E-state index in [1.54, 1.807) is 5.19 Å². The van der Waals surface area contributed by atoms with Gasteiger partial charge in [0.05, 0.1) is 8.07 Å². The second-order valence-electron chi connectivity index (χ2n) is 6.20. The quantitative estimate of drug-likeness (QED) is 0.405. The second kappa shape index (κ2) is 9.14. The van der Waals surface area contributed by atoms with Gasteiger partial charge in [-0.05, 0) is 31.3 Å². The average molecular weight is 290 g/mol. The lowest BCUT2D eigenvalue weighted by molar-refractivity contribution is 0.714. The first-order valence-electron chi connectivity index (χ1n) is 8.05. The molecule has 0 bridgehead atoms. The van der Waals surface area contributed by atoms with Crippen LogP contribution in [0, 0.1) is 0 Å². The van der Waals surface area contributed by atoms with E-state index in [0.717, 1.165) is 24.9 Å². The lowest BCUT2D eigenvalue weighted by Crippen LogP contribution is -2.45. The third-order valence-corrected chi connectivity index (χ3v) is 8.41. The molecular weight excluding hydrogens is 258 g/mol. The molecule has 1 aromatic rings. The van der Waals surface area contributed by atoms with Crippen molar-refractivity contribution in [2.75, 3.05) is 6.54 Å². The number of hydrogen-bond donors (Lipinski definition) is 1. The summed E-state index contributed by atoms with van der Waals surface area (Å²) in [5.41, 5.74) is 6.32. The summed E-state index contributed by atoms with van der Waals surface area (Å²) >= 11 is 0. The van der Waals surface area contributed by atoms with E-state index >= 15 is 0 Å². The molecule has 0 heterocycles. The third-order valence-electron chi connectivity index (χ3n) is 4.26. The van der Waals surface area contributed by atoms with Crippen molar-refractivity contribution in [2.45, 2.75) is 57.7 Å². The SMILES string of the molecule is CCCC[C@H](/C=C/CCCN)[Si](C)(C)c1ccccc1. The van der Waals surface area contributed by atoms with Gasteiger partial charge in [-0.3, -0.25) is 0 Å². The molecule has 1 rings (SSSR count). The minimum Gasteiger partial charge on any atom is -0.330 e. The second-order valence-corrected chi connectivity index (χ2v) is 11.0. The van der Waals surface area contributed by atoms with E-state index in [-0.39, 0.29) is 0 Å². The Morgan fingerprint density at radius 2 is 1.85 bits per heavy atom. The summed E-state index contributed by atoms with van der Waals surface area (Å²) in [5.74, 6) is 0. The molecule has 1 aromatic carbocycles. The topological polar surface area (TPSA) is 26.0 Å².